The number of pyridine rings is 1. The third kappa shape index (κ3) is 2.42. The molecule has 0 unspecified atom stereocenters. The van der Waals surface area contributed by atoms with Gasteiger partial charge in [0.1, 0.15) is 0 Å². The van der Waals surface area contributed by atoms with Crippen LogP contribution in [0.2, 0.25) is 0 Å². The molecule has 0 spiro atoms. The molecule has 0 aliphatic heterocycles. The van der Waals surface area contributed by atoms with Crippen LogP contribution in [-0.4, -0.2) is 11.6 Å². The normalized spacial score (nSPS) is 10.8. The third-order valence-electron chi connectivity index (χ3n) is 1.95. The van der Waals surface area contributed by atoms with E-state index in [-0.39, 0.29) is 11.6 Å². The van der Waals surface area contributed by atoms with Gasteiger partial charge in [-0.3, -0.25) is 4.79 Å². The molecule has 0 aliphatic carbocycles. The van der Waals surface area contributed by atoms with E-state index in [2.05, 4.69) is 5.32 Å². The molecule has 0 amide bonds. The van der Waals surface area contributed by atoms with E-state index in [0.717, 1.165) is 12.1 Å². The minimum absolute atomic E-state index is 0.0720. The van der Waals surface area contributed by atoms with Gasteiger partial charge < -0.3 is 9.88 Å². The molecular weight excluding hydrogens is 164 g/mol. The van der Waals surface area contributed by atoms with Crippen LogP contribution < -0.4 is 10.9 Å². The Kier molecular flexibility index (Phi) is 3.25. The molecule has 3 heteroatoms. The summed E-state index contributed by atoms with van der Waals surface area (Å²) in [4.78, 5) is 11.5. The van der Waals surface area contributed by atoms with Crippen LogP contribution >= 0.6 is 0 Å². The Hall–Kier alpha value is -1.09. The summed E-state index contributed by atoms with van der Waals surface area (Å²) < 4.78 is 1.72. The van der Waals surface area contributed by atoms with Crippen molar-refractivity contribution in [2.24, 2.45) is 0 Å². The van der Waals surface area contributed by atoms with Crippen LogP contribution in [0.1, 0.15) is 25.5 Å². The number of nitrogens with one attached hydrogen (secondary N) is 1. The molecule has 1 N–H and O–H groups in total. The Bertz CT molecular complexity index is 328. The van der Waals surface area contributed by atoms with Crippen LogP contribution in [0, 0.1) is 0 Å². The minimum atomic E-state index is 0.0720. The van der Waals surface area contributed by atoms with Crippen molar-refractivity contribution in [2.75, 3.05) is 7.05 Å². The first-order chi connectivity index (χ1) is 6.15. The zero-order valence-electron chi connectivity index (χ0n) is 8.37. The van der Waals surface area contributed by atoms with E-state index in [1.807, 2.05) is 33.2 Å². The first-order valence-electron chi connectivity index (χ1n) is 4.51. The van der Waals surface area contributed by atoms with Crippen LogP contribution in [0.3, 0.4) is 0 Å². The Morgan fingerprint density at radius 1 is 1.54 bits per heavy atom. The van der Waals surface area contributed by atoms with E-state index in [9.17, 15) is 4.79 Å². The zero-order chi connectivity index (χ0) is 9.84. The highest BCUT2D eigenvalue weighted by atomic mass is 16.1. The molecule has 1 rings (SSSR count). The van der Waals surface area contributed by atoms with Crippen LogP contribution in [0.5, 0.6) is 0 Å². The predicted octanol–water partition coefficient (Wildman–Crippen LogP) is 1.15. The monoisotopic (exact) mass is 180 g/mol. The molecular formula is C10H16N2O. The van der Waals surface area contributed by atoms with Crippen LogP contribution in [0.15, 0.2) is 23.1 Å². The summed E-state index contributed by atoms with van der Waals surface area (Å²) in [7, 11) is 1.87. The average Bonchev–Trinajstić information content (AvgIpc) is 2.04. The molecule has 72 valence electrons. The maximum Gasteiger partial charge on any atom is 0.251 e. The summed E-state index contributed by atoms with van der Waals surface area (Å²) in [5, 5.41) is 3.01. The van der Waals surface area contributed by atoms with Gasteiger partial charge in [0.15, 0.2) is 0 Å². The van der Waals surface area contributed by atoms with E-state index in [1.54, 1.807) is 10.6 Å². The Balaban J connectivity index is 2.99. The summed E-state index contributed by atoms with van der Waals surface area (Å²) in [5.74, 6) is 0. The molecule has 1 aromatic rings. The number of rotatable bonds is 3. The highest BCUT2D eigenvalue weighted by molar-refractivity contribution is 5.10. The predicted molar refractivity (Wildman–Crippen MR) is 53.9 cm³/mol. The average molecular weight is 180 g/mol. The van der Waals surface area contributed by atoms with Gasteiger partial charge in [-0.1, -0.05) is 0 Å². The number of hydrogen-bond donors (Lipinski definition) is 1. The zero-order valence-corrected chi connectivity index (χ0v) is 8.37. The third-order valence-corrected chi connectivity index (χ3v) is 1.95. The van der Waals surface area contributed by atoms with E-state index in [4.69, 9.17) is 0 Å². The van der Waals surface area contributed by atoms with Crippen molar-refractivity contribution in [1.82, 2.24) is 9.88 Å². The minimum Gasteiger partial charge on any atom is -0.316 e. The second kappa shape index (κ2) is 4.23. The Labute approximate surface area is 78.4 Å². The lowest BCUT2D eigenvalue weighted by molar-refractivity contribution is 0.576. The Morgan fingerprint density at radius 2 is 2.23 bits per heavy atom. The molecule has 1 heterocycles. The van der Waals surface area contributed by atoms with Crippen molar-refractivity contribution in [1.29, 1.82) is 0 Å². The SMILES string of the molecule is CNCc1ccn(C(C)C)c(=O)c1. The summed E-state index contributed by atoms with van der Waals surface area (Å²) in [6, 6.07) is 3.88. The number of aromatic nitrogens is 1. The highest BCUT2D eigenvalue weighted by Gasteiger charge is 2.00. The van der Waals surface area contributed by atoms with Crippen LogP contribution in [0.25, 0.3) is 0 Å². The molecule has 0 atom stereocenters. The van der Waals surface area contributed by atoms with Crippen LogP contribution in [-0.2, 0) is 6.54 Å². The standard InChI is InChI=1S/C10H16N2O/c1-8(2)12-5-4-9(7-11-3)6-10(12)13/h4-6,8,11H,7H2,1-3H3. The summed E-state index contributed by atoms with van der Waals surface area (Å²) in [5.41, 5.74) is 1.10. The van der Waals surface area contributed by atoms with Gasteiger partial charge in [-0.15, -0.1) is 0 Å². The topological polar surface area (TPSA) is 34.0 Å². The van der Waals surface area contributed by atoms with Crippen molar-refractivity contribution in [3.05, 3.63) is 34.2 Å². The van der Waals surface area contributed by atoms with Gasteiger partial charge in [-0.05, 0) is 32.5 Å². The van der Waals surface area contributed by atoms with Crippen LogP contribution in [0.4, 0.5) is 0 Å². The quantitative estimate of drug-likeness (QED) is 0.757. The molecule has 0 bridgehead atoms. The summed E-state index contributed by atoms with van der Waals surface area (Å²) in [6.45, 7) is 4.74. The smallest absolute Gasteiger partial charge is 0.251 e. The molecule has 0 saturated carbocycles. The molecule has 0 aliphatic rings. The second-order valence-corrected chi connectivity index (χ2v) is 3.40. The molecule has 0 radical (unpaired) electrons. The van der Waals surface area contributed by atoms with Crippen molar-refractivity contribution < 1.29 is 0 Å². The van der Waals surface area contributed by atoms with Gasteiger partial charge in [-0.2, -0.15) is 0 Å². The number of nitrogens with zero attached hydrogens (tertiary/aromatic N) is 1. The fraction of sp³-hybridized carbons (Fsp3) is 0.500. The van der Waals surface area contributed by atoms with Gasteiger partial charge in [0.05, 0.1) is 0 Å². The first kappa shape index (κ1) is 9.99. The van der Waals surface area contributed by atoms with Crippen molar-refractivity contribution in [2.45, 2.75) is 26.4 Å². The van der Waals surface area contributed by atoms with E-state index in [0.29, 0.717) is 0 Å². The second-order valence-electron chi connectivity index (χ2n) is 3.40. The lowest BCUT2D eigenvalue weighted by Crippen LogP contribution is -2.21. The fourth-order valence-electron chi connectivity index (χ4n) is 1.27. The van der Waals surface area contributed by atoms with Crippen molar-refractivity contribution >= 4 is 0 Å². The highest BCUT2D eigenvalue weighted by Crippen LogP contribution is 2.00. The van der Waals surface area contributed by atoms with Gasteiger partial charge in [-0.25, -0.2) is 0 Å². The Morgan fingerprint density at radius 3 is 2.69 bits per heavy atom. The molecule has 0 saturated heterocycles. The van der Waals surface area contributed by atoms with Gasteiger partial charge in [0.25, 0.3) is 5.56 Å². The summed E-state index contributed by atoms with van der Waals surface area (Å²) >= 11 is 0. The van der Waals surface area contributed by atoms with Gasteiger partial charge >= 0.3 is 0 Å². The molecule has 0 fully saturated rings. The van der Waals surface area contributed by atoms with Crippen molar-refractivity contribution in [3.8, 4) is 0 Å². The molecule has 0 aromatic carbocycles. The maximum absolute atomic E-state index is 11.5. The van der Waals surface area contributed by atoms with Gasteiger partial charge in [0, 0.05) is 24.8 Å². The largest absolute Gasteiger partial charge is 0.316 e. The molecule has 1 aromatic heterocycles. The lowest BCUT2D eigenvalue weighted by atomic mass is 10.2. The van der Waals surface area contributed by atoms with Gasteiger partial charge in [0.2, 0.25) is 0 Å². The van der Waals surface area contributed by atoms with E-state index >= 15 is 0 Å². The van der Waals surface area contributed by atoms with E-state index < -0.39 is 0 Å². The lowest BCUT2D eigenvalue weighted by Gasteiger charge is -2.09. The molecule has 13 heavy (non-hydrogen) atoms. The number of hydrogen-bond acceptors (Lipinski definition) is 2. The maximum atomic E-state index is 11.5. The summed E-state index contributed by atoms with van der Waals surface area (Å²) in [6.07, 6.45) is 1.85. The van der Waals surface area contributed by atoms with Crippen molar-refractivity contribution in [3.63, 3.8) is 0 Å². The van der Waals surface area contributed by atoms with E-state index in [1.165, 1.54) is 0 Å². The first-order valence-corrected chi connectivity index (χ1v) is 4.51. The fourth-order valence-corrected chi connectivity index (χ4v) is 1.27. The molecule has 3 nitrogen and oxygen atoms in total.